The first-order chi connectivity index (χ1) is 32.2. The van der Waals surface area contributed by atoms with Crippen molar-refractivity contribution >= 4 is 35.2 Å². The fourth-order valence-electron chi connectivity index (χ4n) is 10.1. The zero-order chi connectivity index (χ0) is 45.1. The Morgan fingerprint density at radius 1 is 0.621 bits per heavy atom. The molecule has 11 rings (SSSR count). The van der Waals surface area contributed by atoms with Crippen LogP contribution in [-0.4, -0.2) is 18.0 Å². The number of hydrogen-bond acceptors (Lipinski definition) is 3. The summed E-state index contributed by atoms with van der Waals surface area (Å²) < 4.78 is 15.7. The minimum atomic E-state index is -1.63. The fourth-order valence-corrected chi connectivity index (χ4v) is 11.6. The molecular weight excluding hydrogens is 997 g/mol. The van der Waals surface area contributed by atoms with Crippen LogP contribution in [0, 0.1) is 18.1 Å². The van der Waals surface area contributed by atoms with E-state index in [4.69, 9.17) is 14.4 Å². The van der Waals surface area contributed by atoms with Gasteiger partial charge in [0, 0.05) is 39.3 Å². The predicted molar refractivity (Wildman–Crippen MR) is 275 cm³/mol. The van der Waals surface area contributed by atoms with Gasteiger partial charge in [0.1, 0.15) is 5.58 Å². The summed E-state index contributed by atoms with van der Waals surface area (Å²) in [6.07, 6.45) is 16.2. The second-order valence-corrected chi connectivity index (χ2v) is 24.2. The van der Waals surface area contributed by atoms with Crippen LogP contribution in [0.25, 0.3) is 77.8 Å². The Hall–Kier alpha value is -5.71. The Kier molecular flexibility index (Phi) is 13.7. The molecule has 9 aromatic rings. The number of pyridine rings is 2. The van der Waals surface area contributed by atoms with E-state index in [2.05, 4.69) is 177 Å². The van der Waals surface area contributed by atoms with Gasteiger partial charge in [0.05, 0.1) is 13.7 Å². The van der Waals surface area contributed by atoms with Crippen LogP contribution >= 0.6 is 0 Å². The summed E-state index contributed by atoms with van der Waals surface area (Å²) in [5, 5.41) is 3.58. The summed E-state index contributed by atoms with van der Waals surface area (Å²) >= 11 is 0. The molecule has 2 fully saturated rings. The van der Waals surface area contributed by atoms with Gasteiger partial charge in [-0.3, -0.25) is 0 Å². The van der Waals surface area contributed by atoms with E-state index in [0.29, 0.717) is 0 Å². The van der Waals surface area contributed by atoms with Crippen molar-refractivity contribution in [2.45, 2.75) is 89.7 Å². The maximum atomic E-state index is 9.31. The van der Waals surface area contributed by atoms with Gasteiger partial charge in [0.15, 0.2) is 0 Å². The molecule has 0 bridgehead atoms. The summed E-state index contributed by atoms with van der Waals surface area (Å²) in [5.74, 6) is 0.320. The third-order valence-corrected chi connectivity index (χ3v) is 15.6. The number of furan rings is 1. The van der Waals surface area contributed by atoms with Gasteiger partial charge in [-0.25, -0.2) is 0 Å². The Morgan fingerprint density at radius 2 is 1.29 bits per heavy atom. The number of hydrogen-bond donors (Lipinski definition) is 0. The Bertz CT molecular complexity index is 3100. The summed E-state index contributed by atoms with van der Waals surface area (Å²) in [6.45, 7) is 7.08. The van der Waals surface area contributed by atoms with Crippen LogP contribution in [0.3, 0.4) is 0 Å². The van der Waals surface area contributed by atoms with Crippen molar-refractivity contribution in [1.29, 1.82) is 0 Å². The summed E-state index contributed by atoms with van der Waals surface area (Å²) in [7, 11) is -1.63. The molecule has 0 saturated heterocycles. The summed E-state index contributed by atoms with van der Waals surface area (Å²) in [4.78, 5) is 9.63. The fraction of sp³-hybridized carbons (Fsp3) is 0.246. The zero-order valence-electron chi connectivity index (χ0n) is 39.4. The number of nitrogens with zero attached hydrogens (tertiary/aromatic N) is 2. The van der Waals surface area contributed by atoms with E-state index in [-0.39, 0.29) is 20.1 Å². The molecule has 3 heterocycles. The zero-order valence-corrected chi connectivity index (χ0v) is 41.8. The molecule has 0 aliphatic heterocycles. The summed E-state index contributed by atoms with van der Waals surface area (Å²) in [6, 6.07) is 60.0. The molecule has 0 spiro atoms. The average Bonchev–Trinajstić information content (AvgIpc) is 3.99. The molecule has 0 unspecified atom stereocenters. The van der Waals surface area contributed by atoms with Crippen LogP contribution in [0.1, 0.15) is 76.2 Å². The number of benzene rings is 6. The Balaban J connectivity index is 0.000000166. The number of aromatic nitrogens is 2. The average molecular weight is 1060 g/mol. The molecule has 6 aromatic carbocycles. The molecule has 2 saturated carbocycles. The largest absolute Gasteiger partial charge is 0.501 e. The molecule has 2 aliphatic rings. The Labute approximate surface area is 407 Å². The first-order valence-corrected chi connectivity index (χ1v) is 27.3. The van der Waals surface area contributed by atoms with Crippen LogP contribution in [0.5, 0.6) is 0 Å². The second kappa shape index (κ2) is 20.4. The molecule has 2 aliphatic carbocycles. The molecule has 1 radical (unpaired) electrons. The smallest absolute Gasteiger partial charge is 0.120 e. The Morgan fingerprint density at radius 3 is 1.98 bits per heavy atom. The van der Waals surface area contributed by atoms with Crippen LogP contribution in [0.2, 0.25) is 19.6 Å². The predicted octanol–water partition coefficient (Wildman–Crippen LogP) is 16.3. The molecule has 0 N–H and O–H groups in total. The maximum absolute atomic E-state index is 9.31. The third kappa shape index (κ3) is 10.0. The van der Waals surface area contributed by atoms with Gasteiger partial charge in [0.25, 0.3) is 0 Å². The van der Waals surface area contributed by atoms with E-state index in [9.17, 15) is 1.37 Å². The topological polar surface area (TPSA) is 38.9 Å². The molecule has 66 heavy (non-hydrogen) atoms. The van der Waals surface area contributed by atoms with E-state index < -0.39 is 14.0 Å². The van der Waals surface area contributed by atoms with Crippen LogP contribution < -0.4 is 5.19 Å². The van der Waals surface area contributed by atoms with Gasteiger partial charge in [0.2, 0.25) is 0 Å². The quantitative estimate of drug-likeness (QED) is 0.107. The monoisotopic (exact) mass is 1060 g/mol. The van der Waals surface area contributed by atoms with Crippen LogP contribution in [0.15, 0.2) is 168 Å². The molecule has 333 valence electrons. The normalized spacial score (nSPS) is 15.2. The second-order valence-electron chi connectivity index (χ2n) is 19.1. The van der Waals surface area contributed by atoms with Gasteiger partial charge in [-0.15, -0.1) is 42.0 Å². The van der Waals surface area contributed by atoms with Gasteiger partial charge in [-0.1, -0.05) is 213 Å². The van der Waals surface area contributed by atoms with Crippen molar-refractivity contribution in [1.82, 2.24) is 9.97 Å². The number of fused-ring (bicyclic) bond motifs is 3. The van der Waals surface area contributed by atoms with Gasteiger partial charge in [-0.05, 0) is 82.5 Å². The van der Waals surface area contributed by atoms with Crippen LogP contribution in [-0.2, 0) is 26.5 Å². The van der Waals surface area contributed by atoms with E-state index >= 15 is 0 Å². The molecule has 3 aromatic heterocycles. The van der Waals surface area contributed by atoms with E-state index in [1.54, 1.807) is 0 Å². The number of rotatable bonds is 9. The third-order valence-electron chi connectivity index (χ3n) is 13.6. The molecule has 0 amide bonds. The SMILES string of the molecule is [2H]C1(c2cc(-c3[c-]cc(-c4ccccc4)c(-c4ccccc4)c3)ncc2[Si](C)(C)C)CCCC1.[Ir].[c-]1ccc2c(oc3ccc(-c4ccccc4)cc32)c1-c1cc(CC2CCCCC2)ccn1. The molecule has 0 atom stereocenters. The standard InChI is InChI=1S/C31H32NSi.C30H26NO.Ir/c1-33(2,3)31-22-32-30(21-29(31)25-16-10-11-17-25)26-18-19-27(23-12-6-4-7-13-23)28(20-26)24-14-8-5-9-15-24;1-3-8-21(9-4-1)18-22-16-17-31-28(19-22)26-13-7-12-25-27-20-24(23-10-5-2-6-11-23)14-15-29(27)32-30(25)26;/h4-9,12-15,19-22,25H,10-11,16-17H2,1-3H3;2,5-7,10-12,14-17,19-21H,1,3-4,8-9,18H2;/q2*-1;/i25D;;. The van der Waals surface area contributed by atoms with Gasteiger partial charge in [-0.2, -0.15) is 0 Å². The van der Waals surface area contributed by atoms with Gasteiger partial charge < -0.3 is 14.4 Å². The van der Waals surface area contributed by atoms with Crippen molar-refractivity contribution in [2.75, 3.05) is 0 Å². The van der Waals surface area contributed by atoms with Crippen molar-refractivity contribution in [3.63, 3.8) is 0 Å². The first kappa shape index (κ1) is 44.1. The van der Waals surface area contributed by atoms with E-state index in [1.807, 2.05) is 18.3 Å². The minimum absolute atomic E-state index is 0. The van der Waals surface area contributed by atoms with Crippen molar-refractivity contribution in [3.05, 3.63) is 187 Å². The summed E-state index contributed by atoms with van der Waals surface area (Å²) in [5.41, 5.74) is 15.3. The minimum Gasteiger partial charge on any atom is -0.501 e. The van der Waals surface area contributed by atoms with E-state index in [0.717, 1.165) is 82.5 Å². The van der Waals surface area contributed by atoms with Gasteiger partial charge >= 0.3 is 0 Å². The van der Waals surface area contributed by atoms with Crippen molar-refractivity contribution in [2.24, 2.45) is 5.92 Å². The molecule has 5 heteroatoms. The van der Waals surface area contributed by atoms with Crippen molar-refractivity contribution < 1.29 is 25.9 Å². The maximum Gasteiger partial charge on any atom is 0.120 e. The van der Waals surface area contributed by atoms with Crippen molar-refractivity contribution in [3.8, 4) is 55.9 Å². The first-order valence-electron chi connectivity index (χ1n) is 24.3. The van der Waals surface area contributed by atoms with Crippen LogP contribution in [0.4, 0.5) is 0 Å². The van der Waals surface area contributed by atoms with E-state index in [1.165, 1.54) is 81.8 Å². The molecule has 3 nitrogen and oxygen atoms in total. The molecular formula is C61H58IrN2OSi-2.